The van der Waals surface area contributed by atoms with Crippen LogP contribution in [0.1, 0.15) is 0 Å². The summed E-state index contributed by atoms with van der Waals surface area (Å²) in [6.07, 6.45) is 0. The Morgan fingerprint density at radius 3 is 1.10 bits per heavy atom. The summed E-state index contributed by atoms with van der Waals surface area (Å²) in [4.78, 5) is 0. The van der Waals surface area contributed by atoms with Gasteiger partial charge in [0.05, 0.1) is 0 Å². The van der Waals surface area contributed by atoms with E-state index in [0.717, 1.165) is 0 Å². The van der Waals surface area contributed by atoms with Gasteiger partial charge in [0.2, 0.25) is 0 Å². The first-order valence-electron chi connectivity index (χ1n) is 1.17. The molecular formula is BiO7S2-4. The molecule has 7 nitrogen and oxygen atoms in total. The molecule has 0 fully saturated rings. The molecule has 10 heteroatoms. The van der Waals surface area contributed by atoms with E-state index in [9.17, 15) is 0 Å². The minimum Gasteiger partial charge on any atom is -0.784 e. The van der Waals surface area contributed by atoms with Crippen LogP contribution in [0.3, 0.4) is 0 Å². The van der Waals surface area contributed by atoms with Gasteiger partial charge in [0.15, 0.2) is 0 Å². The molecule has 0 heterocycles. The fourth-order valence-electron chi connectivity index (χ4n) is 0. The number of hydrogen-bond acceptors (Lipinski definition) is 7. The third-order valence-corrected chi connectivity index (χ3v) is 0. The molecular weight excluding hydrogens is 385 g/mol. The Bertz CT molecular complexity index is 154. The molecule has 0 unspecified atom stereocenters. The van der Waals surface area contributed by atoms with E-state index < -0.39 is 21.8 Å². The molecule has 0 aliphatic rings. The van der Waals surface area contributed by atoms with Gasteiger partial charge in [-0.3, -0.25) is 12.6 Å². The van der Waals surface area contributed by atoms with Crippen molar-refractivity contribution in [1.82, 2.24) is 0 Å². The largest absolute Gasteiger partial charge is 0.784 e. The fraction of sp³-hybridized carbons (Fsp3) is 0. The van der Waals surface area contributed by atoms with Gasteiger partial charge in [-0.15, -0.1) is 11.4 Å². The molecule has 0 rings (SSSR count). The minimum atomic E-state index is -5.17. The molecule has 0 saturated heterocycles. The van der Waals surface area contributed by atoms with E-state index in [0.29, 0.717) is 0 Å². The summed E-state index contributed by atoms with van der Waals surface area (Å²) in [6.45, 7) is 0. The van der Waals surface area contributed by atoms with Gasteiger partial charge in [-0.2, -0.15) is 0 Å². The van der Waals surface area contributed by atoms with E-state index in [2.05, 4.69) is 0 Å². The number of rotatable bonds is 0. The third-order valence-electron chi connectivity index (χ3n) is 0. The topological polar surface area (TPSA) is 143 Å². The van der Waals surface area contributed by atoms with Crippen LogP contribution in [0.25, 0.3) is 0 Å². The van der Waals surface area contributed by atoms with E-state index in [1.807, 2.05) is 0 Å². The van der Waals surface area contributed by atoms with E-state index in [-0.39, 0.29) is 26.2 Å². The van der Waals surface area contributed by atoms with Gasteiger partial charge in [0, 0.05) is 36.6 Å². The molecule has 0 aromatic rings. The average molecular weight is 385 g/mol. The van der Waals surface area contributed by atoms with Crippen LogP contribution in [-0.4, -0.2) is 57.0 Å². The molecule has 0 atom stereocenters. The second-order valence-corrected chi connectivity index (χ2v) is 1.84. The van der Waals surface area contributed by atoms with Gasteiger partial charge < -0.3 is 18.2 Å². The van der Waals surface area contributed by atoms with E-state index in [1.54, 1.807) is 0 Å². The van der Waals surface area contributed by atoms with Crippen molar-refractivity contribution in [3.63, 3.8) is 0 Å². The molecule has 3 radical (unpaired) electrons. The predicted octanol–water partition coefficient (Wildman–Crippen LogP) is -2.72. The third kappa shape index (κ3) is 797. The number of hydrogen-bond donors (Lipinski definition) is 0. The molecule has 0 aliphatic heterocycles. The van der Waals surface area contributed by atoms with Gasteiger partial charge in [0.25, 0.3) is 0 Å². The molecule has 63 valence electrons. The van der Waals surface area contributed by atoms with Crippen LogP contribution >= 0.6 is 0 Å². The summed E-state index contributed by atoms with van der Waals surface area (Å²) < 4.78 is 59.4. The average Bonchev–Trinajstić information content (AvgIpc) is 1.19. The summed E-state index contributed by atoms with van der Waals surface area (Å²) in [7, 11) is -5.17. The van der Waals surface area contributed by atoms with Crippen LogP contribution < -0.4 is 0 Å². The van der Waals surface area contributed by atoms with Crippen LogP contribution in [0.4, 0.5) is 0 Å². The molecule has 0 spiro atoms. The van der Waals surface area contributed by atoms with Crippen molar-refractivity contribution in [2.45, 2.75) is 0 Å². The fourth-order valence-corrected chi connectivity index (χ4v) is 0. The van der Waals surface area contributed by atoms with Crippen LogP contribution in [-0.2, 0) is 21.8 Å². The van der Waals surface area contributed by atoms with Crippen molar-refractivity contribution < 1.29 is 30.8 Å². The zero-order valence-corrected chi connectivity index (χ0v) is 9.23. The molecule has 0 amide bonds. The van der Waals surface area contributed by atoms with Crippen molar-refractivity contribution >= 4 is 48.0 Å². The monoisotopic (exact) mass is 385 g/mol. The normalized spacial score (nSPS) is 9.30. The van der Waals surface area contributed by atoms with Gasteiger partial charge in [-0.05, 0) is 0 Å². The smallest absolute Gasteiger partial charge is 0.0311 e. The van der Waals surface area contributed by atoms with Gasteiger partial charge >= 0.3 is 0 Å². The maximum absolute atomic E-state index is 8.52. The summed E-state index contributed by atoms with van der Waals surface area (Å²) in [5.41, 5.74) is 0. The quantitative estimate of drug-likeness (QED) is 0.191. The van der Waals surface area contributed by atoms with Gasteiger partial charge in [-0.1, -0.05) is 0 Å². The maximum Gasteiger partial charge on any atom is 0.0311 e. The minimum absolute atomic E-state index is 0. The summed E-state index contributed by atoms with van der Waals surface area (Å²) in [5.74, 6) is 0. The molecule has 0 aliphatic carbocycles. The second-order valence-electron chi connectivity index (χ2n) is 0.612. The van der Waals surface area contributed by atoms with Crippen molar-refractivity contribution in [1.29, 1.82) is 0 Å². The standard InChI is InChI=1S/Bi.H2O4S.H2O3S/c;1-5(2,3)4;1-4(2)3/h;(H2,1,2,3,4);(H2,1,2,3)/p-4. The van der Waals surface area contributed by atoms with Crippen LogP contribution in [0, 0.1) is 0 Å². The van der Waals surface area contributed by atoms with Gasteiger partial charge in [0.1, 0.15) is 0 Å². The van der Waals surface area contributed by atoms with Crippen molar-refractivity contribution in [3.05, 3.63) is 0 Å². The Kier molecular flexibility index (Phi) is 13.5. The first-order valence-corrected chi connectivity index (χ1v) is 3.50. The summed E-state index contributed by atoms with van der Waals surface area (Å²) in [6, 6.07) is 0. The molecule has 0 bridgehead atoms. The van der Waals surface area contributed by atoms with Crippen LogP contribution in [0.2, 0.25) is 0 Å². The van der Waals surface area contributed by atoms with Crippen molar-refractivity contribution in [2.24, 2.45) is 0 Å². The SMILES string of the molecule is O=S(=O)([O-])[O-].O=S([O-])[O-].[Bi]. The van der Waals surface area contributed by atoms with Crippen LogP contribution in [0.15, 0.2) is 0 Å². The zero-order chi connectivity index (χ0) is 8.08. The van der Waals surface area contributed by atoms with Crippen molar-refractivity contribution in [2.75, 3.05) is 0 Å². The van der Waals surface area contributed by atoms with Gasteiger partial charge in [-0.25, -0.2) is 0 Å². The Balaban J connectivity index is -0.0000000910. The Morgan fingerprint density at radius 1 is 1.10 bits per heavy atom. The molecule has 0 N–H and O–H groups in total. The van der Waals surface area contributed by atoms with Crippen LogP contribution in [0.5, 0.6) is 0 Å². The molecule has 10 heavy (non-hydrogen) atoms. The molecule has 0 aromatic carbocycles. The second kappa shape index (κ2) is 7.92. The Hall–Kier alpha value is 0.823. The molecule has 0 saturated carbocycles. The Morgan fingerprint density at radius 2 is 1.10 bits per heavy atom. The zero-order valence-electron chi connectivity index (χ0n) is 4.12. The molecule has 0 aromatic heterocycles. The Labute approximate surface area is 78.6 Å². The van der Waals surface area contributed by atoms with E-state index in [1.165, 1.54) is 0 Å². The van der Waals surface area contributed by atoms with E-state index >= 15 is 0 Å². The predicted molar refractivity (Wildman–Crippen MR) is 25.9 cm³/mol. The first kappa shape index (κ1) is 17.1. The van der Waals surface area contributed by atoms with E-state index in [4.69, 9.17) is 30.8 Å². The maximum atomic E-state index is 8.52. The summed E-state index contributed by atoms with van der Waals surface area (Å²) >= 11 is -3.11. The van der Waals surface area contributed by atoms with Crippen molar-refractivity contribution in [3.8, 4) is 0 Å². The summed E-state index contributed by atoms with van der Waals surface area (Å²) in [5, 5.41) is 0. The first-order chi connectivity index (χ1) is 3.73.